The fraction of sp³-hybridized carbons (Fsp3) is 0.0455. The number of rotatable bonds is 5. The lowest BCUT2D eigenvalue weighted by Crippen LogP contribution is -1.94. The maximum atomic E-state index is 15.5. The van der Waals surface area contributed by atoms with Gasteiger partial charge in [0.25, 0.3) is 0 Å². The van der Waals surface area contributed by atoms with Crippen molar-refractivity contribution in [3.05, 3.63) is 60.7 Å². The number of hydrogen-bond acceptors (Lipinski definition) is 6. The lowest BCUT2D eigenvalue weighted by Gasteiger charge is -2.03. The summed E-state index contributed by atoms with van der Waals surface area (Å²) in [6.07, 6.45) is 9.34. The van der Waals surface area contributed by atoms with Crippen LogP contribution in [-0.2, 0) is 0 Å². The second-order valence-corrected chi connectivity index (χ2v) is 6.92. The van der Waals surface area contributed by atoms with Crippen molar-refractivity contribution in [3.63, 3.8) is 0 Å². The highest BCUT2D eigenvalue weighted by Gasteiger charge is 2.21. The molecule has 5 heterocycles. The number of aromatic nitrogens is 7. The zero-order valence-electron chi connectivity index (χ0n) is 16.9. The van der Waals surface area contributed by atoms with Crippen LogP contribution in [0, 0.1) is 5.82 Å². The number of hydrogen-bond donors (Lipinski definition) is 2. The molecule has 0 bridgehead atoms. The van der Waals surface area contributed by atoms with E-state index >= 15 is 4.39 Å². The molecule has 0 saturated carbocycles. The van der Waals surface area contributed by atoms with Crippen LogP contribution < -0.4 is 0 Å². The Morgan fingerprint density at radius 3 is 2.88 bits per heavy atom. The SMILES string of the molecule is C=NC=N/C=C(\C)c1ncc2[nH]nc(-c3nc4c(-c5ccccn5)cncc4[nH]3)c2c1F. The van der Waals surface area contributed by atoms with Gasteiger partial charge in [-0.3, -0.25) is 25.0 Å². The first kappa shape index (κ1) is 19.4. The van der Waals surface area contributed by atoms with Gasteiger partial charge < -0.3 is 4.98 Å². The van der Waals surface area contributed by atoms with Gasteiger partial charge in [0.05, 0.1) is 34.5 Å². The van der Waals surface area contributed by atoms with Crippen LogP contribution in [0.5, 0.6) is 0 Å². The van der Waals surface area contributed by atoms with Gasteiger partial charge in [-0.2, -0.15) is 5.10 Å². The molecule has 9 nitrogen and oxygen atoms in total. The fourth-order valence-corrected chi connectivity index (χ4v) is 3.43. The van der Waals surface area contributed by atoms with Gasteiger partial charge in [0.2, 0.25) is 0 Å². The van der Waals surface area contributed by atoms with Gasteiger partial charge in [-0.1, -0.05) is 6.07 Å². The van der Waals surface area contributed by atoms with E-state index < -0.39 is 5.82 Å². The van der Waals surface area contributed by atoms with Crippen LogP contribution in [0.4, 0.5) is 4.39 Å². The molecule has 0 atom stereocenters. The third kappa shape index (κ3) is 3.23. The number of nitrogens with zero attached hydrogens (tertiary/aromatic N) is 7. The molecule has 2 N–H and O–H groups in total. The Morgan fingerprint density at radius 2 is 2.06 bits per heavy atom. The first-order chi connectivity index (χ1) is 15.7. The average Bonchev–Trinajstić information content (AvgIpc) is 3.44. The average molecular weight is 425 g/mol. The van der Waals surface area contributed by atoms with E-state index in [1.165, 1.54) is 18.7 Å². The second-order valence-electron chi connectivity index (χ2n) is 6.92. The Kier molecular flexibility index (Phi) is 4.79. The molecule has 0 aliphatic rings. The number of nitrogens with one attached hydrogen (secondary N) is 2. The van der Waals surface area contributed by atoms with Crippen molar-refractivity contribution in [1.29, 1.82) is 0 Å². The molecule has 156 valence electrons. The summed E-state index contributed by atoms with van der Waals surface area (Å²) in [4.78, 5) is 28.2. The number of aromatic amines is 2. The molecule has 0 saturated heterocycles. The summed E-state index contributed by atoms with van der Waals surface area (Å²) in [5, 5.41) is 7.39. The van der Waals surface area contributed by atoms with Crippen molar-refractivity contribution >= 4 is 40.6 Å². The molecule has 10 heteroatoms. The summed E-state index contributed by atoms with van der Waals surface area (Å²) >= 11 is 0. The van der Waals surface area contributed by atoms with Crippen LogP contribution in [0.3, 0.4) is 0 Å². The van der Waals surface area contributed by atoms with Gasteiger partial charge >= 0.3 is 0 Å². The predicted molar refractivity (Wildman–Crippen MR) is 122 cm³/mol. The summed E-state index contributed by atoms with van der Waals surface area (Å²) in [5.41, 5.74) is 4.35. The molecule has 32 heavy (non-hydrogen) atoms. The standard InChI is InChI=1S/C22H16FN9/c1-12(7-26-11-24-2)19-18(23)17-15(10-28-19)31-32-21(17)22-29-16-9-25-8-13(20(16)30-22)14-5-3-4-6-27-14/h3-11H,2H2,1H3,(H,29,30)(H,31,32)/b12-7+,26-11?. The van der Waals surface area contributed by atoms with Gasteiger partial charge in [-0.25, -0.2) is 14.4 Å². The normalized spacial score (nSPS) is 12.2. The van der Waals surface area contributed by atoms with Crippen molar-refractivity contribution in [1.82, 2.24) is 35.1 Å². The lowest BCUT2D eigenvalue weighted by molar-refractivity contribution is 0.629. The van der Waals surface area contributed by atoms with Crippen molar-refractivity contribution in [3.8, 4) is 22.8 Å². The molecule has 0 radical (unpaired) electrons. The molecule has 0 aromatic carbocycles. The van der Waals surface area contributed by atoms with Gasteiger partial charge in [0.15, 0.2) is 11.6 Å². The number of halogens is 1. The number of allylic oxidation sites excluding steroid dienone is 1. The van der Waals surface area contributed by atoms with Crippen LogP contribution in [-0.4, -0.2) is 48.2 Å². The van der Waals surface area contributed by atoms with Crippen LogP contribution >= 0.6 is 0 Å². The third-order valence-corrected chi connectivity index (χ3v) is 4.89. The Hall–Kier alpha value is -4.60. The Bertz CT molecular complexity index is 1510. The zero-order chi connectivity index (χ0) is 22.1. The van der Waals surface area contributed by atoms with Crippen molar-refractivity contribution in [2.24, 2.45) is 9.98 Å². The largest absolute Gasteiger partial charge is 0.335 e. The Labute approximate surface area is 180 Å². The van der Waals surface area contributed by atoms with E-state index in [4.69, 9.17) is 4.98 Å². The molecule has 5 aromatic heterocycles. The minimum Gasteiger partial charge on any atom is -0.335 e. The Morgan fingerprint density at radius 1 is 1.16 bits per heavy atom. The van der Waals surface area contributed by atoms with Crippen molar-refractivity contribution < 1.29 is 4.39 Å². The van der Waals surface area contributed by atoms with Gasteiger partial charge in [0.1, 0.15) is 23.2 Å². The van der Waals surface area contributed by atoms with E-state index in [1.54, 1.807) is 25.5 Å². The van der Waals surface area contributed by atoms with E-state index in [2.05, 4.69) is 46.8 Å². The molecule has 0 aliphatic heterocycles. The summed E-state index contributed by atoms with van der Waals surface area (Å²) in [7, 11) is 0. The molecule has 0 amide bonds. The van der Waals surface area contributed by atoms with Crippen LogP contribution in [0.2, 0.25) is 0 Å². The van der Waals surface area contributed by atoms with Gasteiger partial charge in [-0.15, -0.1) is 0 Å². The molecule has 0 unspecified atom stereocenters. The fourth-order valence-electron chi connectivity index (χ4n) is 3.43. The van der Waals surface area contributed by atoms with Crippen LogP contribution in [0.15, 0.2) is 59.2 Å². The second kappa shape index (κ2) is 7.91. The maximum Gasteiger partial charge on any atom is 0.160 e. The smallest absolute Gasteiger partial charge is 0.160 e. The van der Waals surface area contributed by atoms with Gasteiger partial charge in [0, 0.05) is 24.2 Å². The monoisotopic (exact) mass is 425 g/mol. The Balaban J connectivity index is 1.67. The third-order valence-electron chi connectivity index (χ3n) is 4.89. The quantitative estimate of drug-likeness (QED) is 0.323. The van der Waals surface area contributed by atoms with Crippen LogP contribution in [0.25, 0.3) is 50.3 Å². The number of fused-ring (bicyclic) bond motifs is 2. The highest BCUT2D eigenvalue weighted by molar-refractivity contribution is 5.97. The van der Waals surface area contributed by atoms with E-state index in [-0.39, 0.29) is 11.1 Å². The summed E-state index contributed by atoms with van der Waals surface area (Å²) in [6.45, 7) is 5.03. The highest BCUT2D eigenvalue weighted by Crippen LogP contribution is 2.32. The molecule has 0 spiro atoms. The number of imidazole rings is 1. The van der Waals surface area contributed by atoms with Gasteiger partial charge in [-0.05, 0) is 31.3 Å². The molecule has 0 aliphatic carbocycles. The predicted octanol–water partition coefficient (Wildman–Crippen LogP) is 4.19. The van der Waals surface area contributed by atoms with E-state index in [9.17, 15) is 0 Å². The molecule has 0 fully saturated rings. The first-order valence-electron chi connectivity index (χ1n) is 9.60. The molecule has 5 rings (SSSR count). The minimum atomic E-state index is -0.523. The lowest BCUT2D eigenvalue weighted by atomic mass is 10.1. The summed E-state index contributed by atoms with van der Waals surface area (Å²) in [5.74, 6) is -0.117. The first-order valence-corrected chi connectivity index (χ1v) is 9.60. The number of H-pyrrole nitrogens is 2. The highest BCUT2D eigenvalue weighted by atomic mass is 19.1. The summed E-state index contributed by atoms with van der Waals surface area (Å²) < 4.78 is 15.5. The van der Waals surface area contributed by atoms with Crippen molar-refractivity contribution in [2.75, 3.05) is 0 Å². The molecule has 5 aromatic rings. The van der Waals surface area contributed by atoms with E-state index in [0.29, 0.717) is 33.6 Å². The van der Waals surface area contributed by atoms with E-state index in [0.717, 1.165) is 11.3 Å². The topological polar surface area (TPSA) is 121 Å². The van der Waals surface area contributed by atoms with Crippen LogP contribution in [0.1, 0.15) is 12.6 Å². The van der Waals surface area contributed by atoms with Crippen molar-refractivity contribution in [2.45, 2.75) is 6.92 Å². The minimum absolute atomic E-state index is 0.160. The number of pyridine rings is 3. The zero-order valence-corrected chi connectivity index (χ0v) is 16.9. The molecular weight excluding hydrogens is 409 g/mol. The molecular formula is C22H16FN9. The summed E-state index contributed by atoms with van der Waals surface area (Å²) in [6, 6.07) is 5.61. The number of aliphatic imine (C=N–C) groups is 2. The maximum absolute atomic E-state index is 15.5. The van der Waals surface area contributed by atoms with E-state index in [1.807, 2.05) is 18.2 Å².